The molecule has 0 unspecified atom stereocenters. The van der Waals surface area contributed by atoms with Crippen LogP contribution in [0.15, 0.2) is 42.5 Å². The van der Waals surface area contributed by atoms with Gasteiger partial charge in [0, 0.05) is 0 Å². The number of hydrogen-bond acceptors (Lipinski definition) is 2. The Kier molecular flexibility index (Phi) is 4.50. The summed E-state index contributed by atoms with van der Waals surface area (Å²) in [6, 6.07) is 9.99. The Balaban J connectivity index is 2.43. The fraction of sp³-hybridized carbons (Fsp3) is 0.400. The molecule has 0 spiro atoms. The lowest BCUT2D eigenvalue weighted by atomic mass is 10.0. The summed E-state index contributed by atoms with van der Waals surface area (Å²) in [7, 11) is 0. The summed E-state index contributed by atoms with van der Waals surface area (Å²) in [6.45, 7) is 9.52. The average molecular weight is 232 g/mol. The first-order valence-corrected chi connectivity index (χ1v) is 5.79. The monoisotopic (exact) mass is 232 g/mol. The zero-order chi connectivity index (χ0) is 12.9. The molecule has 0 fully saturated rings. The molecule has 2 nitrogen and oxygen atoms in total. The summed E-state index contributed by atoms with van der Waals surface area (Å²) >= 11 is 0. The third-order valence-corrected chi connectivity index (χ3v) is 2.11. The second-order valence-electron chi connectivity index (χ2n) is 5.18. The van der Waals surface area contributed by atoms with Crippen molar-refractivity contribution in [3.8, 4) is 0 Å². The molecule has 0 saturated carbocycles. The van der Waals surface area contributed by atoms with Gasteiger partial charge in [0.05, 0.1) is 6.42 Å². The van der Waals surface area contributed by atoms with Crippen molar-refractivity contribution < 1.29 is 9.53 Å². The molecule has 0 atom stereocenters. The van der Waals surface area contributed by atoms with E-state index in [4.69, 9.17) is 4.74 Å². The van der Waals surface area contributed by atoms with E-state index in [9.17, 15) is 4.79 Å². The van der Waals surface area contributed by atoms with Crippen LogP contribution in [0.2, 0.25) is 0 Å². The highest BCUT2D eigenvalue weighted by Crippen LogP contribution is 2.13. The fourth-order valence-electron chi connectivity index (χ4n) is 1.53. The first-order chi connectivity index (χ1) is 7.87. The summed E-state index contributed by atoms with van der Waals surface area (Å²) in [5.41, 5.74) is 1.62. The van der Waals surface area contributed by atoms with Gasteiger partial charge in [-0.3, -0.25) is 4.79 Å². The Bertz CT molecular complexity index is 385. The Hall–Kier alpha value is -1.57. The van der Waals surface area contributed by atoms with E-state index in [-0.39, 0.29) is 12.4 Å². The van der Waals surface area contributed by atoms with Crippen LogP contribution in [0.3, 0.4) is 0 Å². The highest BCUT2D eigenvalue weighted by atomic mass is 16.6. The largest absolute Gasteiger partial charge is 0.460 e. The zero-order valence-electron chi connectivity index (χ0n) is 10.8. The smallest absolute Gasteiger partial charge is 0.310 e. The highest BCUT2D eigenvalue weighted by Gasteiger charge is 2.16. The van der Waals surface area contributed by atoms with E-state index in [2.05, 4.69) is 6.58 Å². The molecule has 92 valence electrons. The molecule has 0 heterocycles. The highest BCUT2D eigenvalue weighted by molar-refractivity contribution is 5.72. The number of carbonyl (C=O) groups is 1. The molecule has 0 aliphatic heterocycles. The SMILES string of the molecule is C=C(CC(=O)OC(C)(C)C)Cc1ccccc1. The van der Waals surface area contributed by atoms with Gasteiger partial charge in [0.25, 0.3) is 0 Å². The maximum atomic E-state index is 11.6. The molecule has 1 aromatic rings. The van der Waals surface area contributed by atoms with Gasteiger partial charge in [0.1, 0.15) is 5.60 Å². The van der Waals surface area contributed by atoms with Crippen molar-refractivity contribution in [2.75, 3.05) is 0 Å². The molecule has 0 radical (unpaired) electrons. The van der Waals surface area contributed by atoms with Crippen LogP contribution >= 0.6 is 0 Å². The third-order valence-electron chi connectivity index (χ3n) is 2.11. The molecular weight excluding hydrogens is 212 g/mol. The van der Waals surface area contributed by atoms with Gasteiger partial charge in [-0.25, -0.2) is 0 Å². The van der Waals surface area contributed by atoms with E-state index in [0.29, 0.717) is 0 Å². The minimum absolute atomic E-state index is 0.210. The van der Waals surface area contributed by atoms with E-state index in [0.717, 1.165) is 12.0 Å². The minimum atomic E-state index is -0.426. The molecule has 0 amide bonds. The van der Waals surface area contributed by atoms with Crippen LogP contribution in [0.25, 0.3) is 0 Å². The van der Waals surface area contributed by atoms with Crippen molar-refractivity contribution >= 4 is 5.97 Å². The maximum absolute atomic E-state index is 11.6. The van der Waals surface area contributed by atoms with E-state index in [1.807, 2.05) is 51.1 Å². The fourth-order valence-corrected chi connectivity index (χ4v) is 1.53. The Morgan fingerprint density at radius 2 is 1.82 bits per heavy atom. The Morgan fingerprint density at radius 1 is 1.24 bits per heavy atom. The molecule has 2 heteroatoms. The predicted molar refractivity (Wildman–Crippen MR) is 69.7 cm³/mol. The number of ether oxygens (including phenoxy) is 1. The van der Waals surface area contributed by atoms with Gasteiger partial charge < -0.3 is 4.74 Å². The van der Waals surface area contributed by atoms with Crippen LogP contribution in [0.1, 0.15) is 32.8 Å². The normalized spacial score (nSPS) is 11.0. The number of rotatable bonds is 4. The molecule has 0 bridgehead atoms. The van der Waals surface area contributed by atoms with Crippen molar-refractivity contribution in [3.63, 3.8) is 0 Å². The van der Waals surface area contributed by atoms with Crippen LogP contribution in [0.5, 0.6) is 0 Å². The molecule has 1 aromatic carbocycles. The van der Waals surface area contributed by atoms with Crippen molar-refractivity contribution in [2.24, 2.45) is 0 Å². The van der Waals surface area contributed by atoms with E-state index in [1.54, 1.807) is 0 Å². The zero-order valence-corrected chi connectivity index (χ0v) is 10.8. The Labute approximate surface area is 103 Å². The lowest BCUT2D eigenvalue weighted by Gasteiger charge is -2.19. The average Bonchev–Trinajstić information content (AvgIpc) is 2.15. The van der Waals surface area contributed by atoms with E-state index < -0.39 is 5.60 Å². The molecular formula is C15H20O2. The number of hydrogen-bond donors (Lipinski definition) is 0. The van der Waals surface area contributed by atoms with Crippen molar-refractivity contribution in [1.29, 1.82) is 0 Å². The molecule has 0 saturated heterocycles. The first kappa shape index (κ1) is 13.5. The lowest BCUT2D eigenvalue weighted by Crippen LogP contribution is -2.24. The van der Waals surface area contributed by atoms with Crippen LogP contribution in [0.4, 0.5) is 0 Å². The standard InChI is InChI=1S/C15H20O2/c1-12(10-13-8-6-5-7-9-13)11-14(16)17-15(2,3)4/h5-9H,1,10-11H2,2-4H3. The summed E-state index contributed by atoms with van der Waals surface area (Å²) in [4.78, 5) is 11.6. The van der Waals surface area contributed by atoms with Gasteiger partial charge in [-0.15, -0.1) is 0 Å². The van der Waals surface area contributed by atoms with Gasteiger partial charge >= 0.3 is 5.97 Å². The number of esters is 1. The van der Waals surface area contributed by atoms with Crippen LogP contribution < -0.4 is 0 Å². The lowest BCUT2D eigenvalue weighted by molar-refractivity contribution is -0.153. The molecule has 0 N–H and O–H groups in total. The maximum Gasteiger partial charge on any atom is 0.310 e. The second-order valence-corrected chi connectivity index (χ2v) is 5.18. The topological polar surface area (TPSA) is 26.3 Å². The number of carbonyl (C=O) groups excluding carboxylic acids is 1. The van der Waals surface area contributed by atoms with E-state index in [1.165, 1.54) is 5.56 Å². The van der Waals surface area contributed by atoms with Gasteiger partial charge in [-0.1, -0.05) is 42.5 Å². The summed E-state index contributed by atoms with van der Waals surface area (Å²) in [5.74, 6) is -0.210. The summed E-state index contributed by atoms with van der Waals surface area (Å²) in [5, 5.41) is 0. The Morgan fingerprint density at radius 3 is 2.35 bits per heavy atom. The molecule has 1 rings (SSSR count). The first-order valence-electron chi connectivity index (χ1n) is 5.79. The second kappa shape index (κ2) is 5.67. The molecule has 0 aliphatic carbocycles. The summed E-state index contributed by atoms with van der Waals surface area (Å²) < 4.78 is 5.25. The molecule has 0 aromatic heterocycles. The van der Waals surface area contributed by atoms with Crippen molar-refractivity contribution in [1.82, 2.24) is 0 Å². The third kappa shape index (κ3) is 5.91. The number of benzene rings is 1. The molecule has 17 heavy (non-hydrogen) atoms. The quantitative estimate of drug-likeness (QED) is 0.586. The minimum Gasteiger partial charge on any atom is -0.460 e. The van der Waals surface area contributed by atoms with Gasteiger partial charge in [-0.2, -0.15) is 0 Å². The van der Waals surface area contributed by atoms with Gasteiger partial charge in [0.2, 0.25) is 0 Å². The van der Waals surface area contributed by atoms with Crippen LogP contribution in [-0.2, 0) is 16.0 Å². The molecule has 0 aliphatic rings. The van der Waals surface area contributed by atoms with Gasteiger partial charge in [0.15, 0.2) is 0 Å². The van der Waals surface area contributed by atoms with Crippen LogP contribution in [-0.4, -0.2) is 11.6 Å². The van der Waals surface area contributed by atoms with Crippen molar-refractivity contribution in [2.45, 2.75) is 39.2 Å². The van der Waals surface area contributed by atoms with Crippen LogP contribution in [0, 0.1) is 0 Å². The van der Waals surface area contributed by atoms with E-state index >= 15 is 0 Å². The van der Waals surface area contributed by atoms with Gasteiger partial charge in [-0.05, 0) is 32.8 Å². The predicted octanol–water partition coefficient (Wildman–Crippen LogP) is 3.52. The summed E-state index contributed by atoms with van der Waals surface area (Å²) in [6.07, 6.45) is 1.01. The van der Waals surface area contributed by atoms with Crippen molar-refractivity contribution in [3.05, 3.63) is 48.0 Å².